The van der Waals surface area contributed by atoms with Crippen LogP contribution in [-0.4, -0.2) is 37.9 Å². The number of hydrogen-bond acceptors (Lipinski definition) is 6. The summed E-state index contributed by atoms with van der Waals surface area (Å²) in [6.07, 6.45) is -0.787. The minimum atomic E-state index is -1.40. The van der Waals surface area contributed by atoms with Gasteiger partial charge in [0.25, 0.3) is 0 Å². The smallest absolute Gasteiger partial charge is 0.408 e. The Balaban J connectivity index is 3.25. The van der Waals surface area contributed by atoms with Crippen LogP contribution in [0.25, 0.3) is 0 Å². The Bertz CT molecular complexity index is 607. The third kappa shape index (κ3) is 6.26. The number of esters is 2. The predicted octanol–water partition coefficient (Wildman–Crippen LogP) is 2.87. The largest absolute Gasteiger partial charge is 0.468 e. The van der Waals surface area contributed by atoms with Crippen LogP contribution in [-0.2, 0) is 23.8 Å². The van der Waals surface area contributed by atoms with Crippen molar-refractivity contribution >= 4 is 29.6 Å². The quantitative estimate of drug-likeness (QED) is 0.486. The number of nitrogens with one attached hydrogen (secondary N) is 1. The molecule has 0 aliphatic rings. The maximum atomic E-state index is 12.2. The zero-order valence-electron chi connectivity index (χ0n) is 14.8. The first kappa shape index (κ1) is 20.8. The summed E-state index contributed by atoms with van der Waals surface area (Å²) in [5.74, 6) is -3.09. The lowest BCUT2D eigenvalue weighted by atomic mass is 9.93. The van der Waals surface area contributed by atoms with Crippen LogP contribution in [0.3, 0.4) is 0 Å². The van der Waals surface area contributed by atoms with E-state index >= 15 is 0 Å². The molecule has 1 N–H and O–H groups in total. The third-order valence-electron chi connectivity index (χ3n) is 3.14. The van der Waals surface area contributed by atoms with Crippen molar-refractivity contribution in [2.24, 2.45) is 5.92 Å². The Labute approximate surface area is 151 Å². The van der Waals surface area contributed by atoms with Crippen molar-refractivity contribution in [2.45, 2.75) is 32.4 Å². The van der Waals surface area contributed by atoms with Crippen LogP contribution in [0.15, 0.2) is 24.3 Å². The fourth-order valence-corrected chi connectivity index (χ4v) is 2.21. The van der Waals surface area contributed by atoms with Gasteiger partial charge in [-0.1, -0.05) is 23.7 Å². The average Bonchev–Trinajstić information content (AvgIpc) is 2.52. The SMILES string of the molecule is COC(=O)C(C(=O)OC)[C@@H](NC(=O)OC(C)(C)C)c1ccc(Cl)cc1. The molecule has 138 valence electrons. The van der Waals surface area contributed by atoms with E-state index in [0.717, 1.165) is 14.2 Å². The lowest BCUT2D eigenvalue weighted by molar-refractivity contribution is -0.160. The number of hydrogen-bond donors (Lipinski definition) is 1. The first-order chi connectivity index (χ1) is 11.6. The predicted molar refractivity (Wildman–Crippen MR) is 91.1 cm³/mol. The summed E-state index contributed by atoms with van der Waals surface area (Å²) in [6, 6.07) is 5.28. The van der Waals surface area contributed by atoms with Crippen LogP contribution in [0.1, 0.15) is 32.4 Å². The monoisotopic (exact) mass is 371 g/mol. The molecular formula is C17H22ClNO6. The number of methoxy groups -OCH3 is 2. The third-order valence-corrected chi connectivity index (χ3v) is 3.40. The molecule has 7 nitrogen and oxygen atoms in total. The molecule has 25 heavy (non-hydrogen) atoms. The maximum Gasteiger partial charge on any atom is 0.408 e. The van der Waals surface area contributed by atoms with Gasteiger partial charge in [0.15, 0.2) is 5.92 Å². The molecule has 0 saturated carbocycles. The van der Waals surface area contributed by atoms with Crippen LogP contribution in [0.4, 0.5) is 4.79 Å². The van der Waals surface area contributed by atoms with Crippen molar-refractivity contribution in [1.29, 1.82) is 0 Å². The second-order valence-corrected chi connectivity index (χ2v) is 6.64. The molecule has 0 radical (unpaired) electrons. The molecular weight excluding hydrogens is 350 g/mol. The maximum absolute atomic E-state index is 12.2. The van der Waals surface area contributed by atoms with E-state index in [1.165, 1.54) is 0 Å². The molecule has 0 aromatic heterocycles. The van der Waals surface area contributed by atoms with Gasteiger partial charge in [0, 0.05) is 5.02 Å². The fraction of sp³-hybridized carbons (Fsp3) is 0.471. The zero-order chi connectivity index (χ0) is 19.2. The first-order valence-corrected chi connectivity index (χ1v) is 7.87. The Morgan fingerprint density at radius 1 is 1.00 bits per heavy atom. The van der Waals surface area contributed by atoms with Gasteiger partial charge in [-0.3, -0.25) is 9.59 Å². The van der Waals surface area contributed by atoms with Gasteiger partial charge in [-0.25, -0.2) is 4.79 Å². The normalized spacial score (nSPS) is 12.3. The minimum Gasteiger partial charge on any atom is -0.468 e. The van der Waals surface area contributed by atoms with E-state index in [-0.39, 0.29) is 0 Å². The summed E-state index contributed by atoms with van der Waals surface area (Å²) in [7, 11) is 2.29. The Kier molecular flexibility index (Phi) is 7.23. The van der Waals surface area contributed by atoms with Crippen LogP contribution in [0, 0.1) is 5.92 Å². The highest BCUT2D eigenvalue weighted by molar-refractivity contribution is 6.30. The van der Waals surface area contributed by atoms with Crippen LogP contribution >= 0.6 is 11.6 Å². The van der Waals surface area contributed by atoms with E-state index in [9.17, 15) is 14.4 Å². The van der Waals surface area contributed by atoms with Gasteiger partial charge in [0.2, 0.25) is 0 Å². The Morgan fingerprint density at radius 2 is 1.48 bits per heavy atom. The van der Waals surface area contributed by atoms with Crippen molar-refractivity contribution < 1.29 is 28.6 Å². The zero-order valence-corrected chi connectivity index (χ0v) is 15.5. The molecule has 0 aliphatic heterocycles. The van der Waals surface area contributed by atoms with E-state index in [0.29, 0.717) is 10.6 Å². The van der Waals surface area contributed by atoms with E-state index < -0.39 is 35.6 Å². The average molecular weight is 372 g/mol. The van der Waals surface area contributed by atoms with Gasteiger partial charge in [-0.05, 0) is 38.5 Å². The second-order valence-electron chi connectivity index (χ2n) is 6.20. The summed E-state index contributed by atoms with van der Waals surface area (Å²) in [4.78, 5) is 36.4. The topological polar surface area (TPSA) is 90.9 Å². The number of rotatable bonds is 5. The molecule has 8 heteroatoms. The van der Waals surface area contributed by atoms with E-state index in [2.05, 4.69) is 14.8 Å². The van der Waals surface area contributed by atoms with Crippen molar-refractivity contribution in [2.75, 3.05) is 14.2 Å². The first-order valence-electron chi connectivity index (χ1n) is 7.49. The highest BCUT2D eigenvalue weighted by Gasteiger charge is 2.39. The van der Waals surface area contributed by atoms with Gasteiger partial charge in [0.05, 0.1) is 20.3 Å². The van der Waals surface area contributed by atoms with E-state index in [1.807, 2.05) is 0 Å². The highest BCUT2D eigenvalue weighted by atomic mass is 35.5. The molecule has 0 saturated heterocycles. The van der Waals surface area contributed by atoms with Crippen molar-refractivity contribution in [3.63, 3.8) is 0 Å². The Hall–Kier alpha value is -2.28. The summed E-state index contributed by atoms with van der Waals surface area (Å²) in [5, 5.41) is 3.00. The standard InChI is InChI=1S/C17H22ClNO6/c1-17(2,3)25-16(22)19-13(10-6-8-11(18)9-7-10)12(14(20)23-4)15(21)24-5/h6-9,12-13H,1-5H3,(H,19,22)/t13-/m0/s1. The molecule has 0 heterocycles. The van der Waals surface area contributed by atoms with Crippen molar-refractivity contribution in [3.05, 3.63) is 34.9 Å². The Morgan fingerprint density at radius 3 is 1.88 bits per heavy atom. The summed E-state index contributed by atoms with van der Waals surface area (Å²) in [6.45, 7) is 5.09. The van der Waals surface area contributed by atoms with Crippen LogP contribution in [0.2, 0.25) is 5.02 Å². The van der Waals surface area contributed by atoms with Crippen LogP contribution in [0.5, 0.6) is 0 Å². The number of carbonyl (C=O) groups excluding carboxylic acids is 3. The molecule has 0 spiro atoms. The van der Waals surface area contributed by atoms with Crippen LogP contribution < -0.4 is 5.32 Å². The number of carbonyl (C=O) groups is 3. The van der Waals surface area contributed by atoms with Gasteiger partial charge < -0.3 is 19.5 Å². The summed E-state index contributed by atoms with van der Waals surface area (Å²) >= 11 is 5.87. The van der Waals surface area contributed by atoms with Gasteiger partial charge in [0.1, 0.15) is 5.60 Å². The molecule has 0 bridgehead atoms. The van der Waals surface area contributed by atoms with E-state index in [4.69, 9.17) is 16.3 Å². The van der Waals surface area contributed by atoms with Gasteiger partial charge in [-0.15, -0.1) is 0 Å². The minimum absolute atomic E-state index is 0.465. The number of ether oxygens (including phenoxy) is 3. The number of alkyl carbamates (subject to hydrolysis) is 1. The number of halogens is 1. The molecule has 1 aromatic rings. The highest BCUT2D eigenvalue weighted by Crippen LogP contribution is 2.26. The molecule has 0 unspecified atom stereocenters. The van der Waals surface area contributed by atoms with E-state index in [1.54, 1.807) is 45.0 Å². The number of benzene rings is 1. The molecule has 1 aromatic carbocycles. The van der Waals surface area contributed by atoms with Crippen molar-refractivity contribution in [1.82, 2.24) is 5.32 Å². The summed E-state index contributed by atoms with van der Waals surface area (Å²) < 4.78 is 14.6. The lowest BCUT2D eigenvalue weighted by Crippen LogP contribution is -2.43. The van der Waals surface area contributed by atoms with Gasteiger partial charge >= 0.3 is 18.0 Å². The second kappa shape index (κ2) is 8.71. The van der Waals surface area contributed by atoms with Crippen molar-refractivity contribution in [3.8, 4) is 0 Å². The lowest BCUT2D eigenvalue weighted by Gasteiger charge is -2.27. The molecule has 1 atom stereocenters. The summed E-state index contributed by atoms with van der Waals surface area (Å²) in [5.41, 5.74) is -0.281. The molecule has 0 fully saturated rings. The molecule has 0 aliphatic carbocycles. The fourth-order valence-electron chi connectivity index (χ4n) is 2.09. The molecule has 1 amide bonds. The number of amides is 1. The molecule has 1 rings (SSSR count). The van der Waals surface area contributed by atoms with Gasteiger partial charge in [-0.2, -0.15) is 0 Å².